The standard InChI is InChI=1S/C12H20ClN3O3S/c1-9-11(7-13)12(15-14-9)20(17,18)16-5-3-10(4-6-16)8-19-2/h10H,3-8H2,1-2H3,(H,14,15). The number of hydrogen-bond acceptors (Lipinski definition) is 4. The van der Waals surface area contributed by atoms with Gasteiger partial charge in [-0.15, -0.1) is 11.6 Å². The molecule has 8 heteroatoms. The van der Waals surface area contributed by atoms with Crippen LogP contribution in [0.25, 0.3) is 0 Å². The molecule has 0 radical (unpaired) electrons. The largest absolute Gasteiger partial charge is 0.384 e. The first-order chi connectivity index (χ1) is 9.50. The summed E-state index contributed by atoms with van der Waals surface area (Å²) in [5.41, 5.74) is 1.26. The molecule has 0 bridgehead atoms. The summed E-state index contributed by atoms with van der Waals surface area (Å²) in [6, 6.07) is 0. The van der Waals surface area contributed by atoms with Crippen LogP contribution in [0.5, 0.6) is 0 Å². The molecule has 0 unspecified atom stereocenters. The van der Waals surface area contributed by atoms with Crippen molar-refractivity contribution in [1.29, 1.82) is 0 Å². The second-order valence-electron chi connectivity index (χ2n) is 5.07. The van der Waals surface area contributed by atoms with Crippen LogP contribution in [0.2, 0.25) is 0 Å². The lowest BCUT2D eigenvalue weighted by molar-refractivity contribution is 0.121. The summed E-state index contributed by atoms with van der Waals surface area (Å²) in [6.07, 6.45) is 1.62. The van der Waals surface area contributed by atoms with Gasteiger partial charge in [-0.25, -0.2) is 8.42 Å². The second-order valence-corrected chi connectivity index (χ2v) is 7.19. The molecule has 1 aliphatic heterocycles. The molecule has 6 nitrogen and oxygen atoms in total. The summed E-state index contributed by atoms with van der Waals surface area (Å²) in [4.78, 5) is 0. The van der Waals surface area contributed by atoms with Gasteiger partial charge in [0.25, 0.3) is 10.0 Å². The van der Waals surface area contributed by atoms with Gasteiger partial charge < -0.3 is 4.74 Å². The molecule has 0 saturated carbocycles. The Morgan fingerprint density at radius 1 is 1.45 bits per heavy atom. The van der Waals surface area contributed by atoms with Gasteiger partial charge in [0.05, 0.1) is 5.88 Å². The van der Waals surface area contributed by atoms with Crippen molar-refractivity contribution in [3.05, 3.63) is 11.3 Å². The molecule has 0 aliphatic carbocycles. The number of methoxy groups -OCH3 is 1. The maximum absolute atomic E-state index is 12.6. The molecule has 1 N–H and O–H groups in total. The normalized spacial score (nSPS) is 18.6. The van der Waals surface area contributed by atoms with Gasteiger partial charge in [0.1, 0.15) is 0 Å². The molecule has 1 aliphatic rings. The van der Waals surface area contributed by atoms with Crippen molar-refractivity contribution in [3.63, 3.8) is 0 Å². The highest BCUT2D eigenvalue weighted by atomic mass is 35.5. The van der Waals surface area contributed by atoms with Crippen molar-refractivity contribution in [2.24, 2.45) is 5.92 Å². The van der Waals surface area contributed by atoms with Crippen LogP contribution in [0.1, 0.15) is 24.1 Å². The number of aromatic amines is 1. The quantitative estimate of drug-likeness (QED) is 0.834. The molecule has 1 aromatic rings. The van der Waals surface area contributed by atoms with Gasteiger partial charge in [-0.1, -0.05) is 0 Å². The highest BCUT2D eigenvalue weighted by Crippen LogP contribution is 2.26. The number of nitrogens with one attached hydrogen (secondary N) is 1. The Morgan fingerprint density at radius 2 is 2.10 bits per heavy atom. The third-order valence-electron chi connectivity index (χ3n) is 3.73. The Bertz CT molecular complexity index is 550. The number of halogens is 1. The van der Waals surface area contributed by atoms with E-state index in [1.807, 2.05) is 0 Å². The fourth-order valence-electron chi connectivity index (χ4n) is 2.48. The van der Waals surface area contributed by atoms with Gasteiger partial charge in [-0.05, 0) is 25.7 Å². The van der Waals surface area contributed by atoms with Gasteiger partial charge in [-0.2, -0.15) is 9.40 Å². The summed E-state index contributed by atoms with van der Waals surface area (Å²) in [7, 11) is -1.89. The van der Waals surface area contributed by atoms with E-state index >= 15 is 0 Å². The molecule has 0 aromatic carbocycles. The van der Waals surface area contributed by atoms with E-state index in [1.165, 1.54) is 4.31 Å². The van der Waals surface area contributed by atoms with Gasteiger partial charge in [-0.3, -0.25) is 5.10 Å². The van der Waals surface area contributed by atoms with Crippen molar-refractivity contribution in [3.8, 4) is 0 Å². The molecule has 2 rings (SSSR count). The van der Waals surface area contributed by atoms with E-state index in [0.29, 0.717) is 36.9 Å². The van der Waals surface area contributed by atoms with E-state index in [4.69, 9.17) is 16.3 Å². The lowest BCUT2D eigenvalue weighted by atomic mass is 9.99. The molecule has 0 spiro atoms. The van der Waals surface area contributed by atoms with Crippen LogP contribution in [0, 0.1) is 12.8 Å². The lowest BCUT2D eigenvalue weighted by Gasteiger charge is -2.30. The van der Waals surface area contributed by atoms with E-state index in [0.717, 1.165) is 12.8 Å². The monoisotopic (exact) mass is 321 g/mol. The van der Waals surface area contributed by atoms with E-state index in [9.17, 15) is 8.42 Å². The zero-order valence-electron chi connectivity index (χ0n) is 11.7. The summed E-state index contributed by atoms with van der Waals surface area (Å²) in [5.74, 6) is 0.566. The lowest BCUT2D eigenvalue weighted by Crippen LogP contribution is -2.39. The smallest absolute Gasteiger partial charge is 0.262 e. The SMILES string of the molecule is COCC1CCN(S(=O)(=O)c2n[nH]c(C)c2CCl)CC1. The van der Waals surface area contributed by atoms with E-state index in [2.05, 4.69) is 10.2 Å². The Labute approximate surface area is 124 Å². The highest BCUT2D eigenvalue weighted by Gasteiger charge is 2.33. The van der Waals surface area contributed by atoms with Crippen LogP contribution in [-0.2, 0) is 20.6 Å². The first-order valence-corrected chi connectivity index (χ1v) is 8.57. The Hall–Kier alpha value is -0.630. The number of aromatic nitrogens is 2. The number of rotatable bonds is 5. The number of piperidine rings is 1. The first-order valence-electron chi connectivity index (χ1n) is 6.59. The third kappa shape index (κ3) is 3.00. The molecule has 2 heterocycles. The topological polar surface area (TPSA) is 75.3 Å². The second kappa shape index (κ2) is 6.43. The minimum Gasteiger partial charge on any atom is -0.384 e. The number of H-pyrrole nitrogens is 1. The zero-order chi connectivity index (χ0) is 14.8. The van der Waals surface area contributed by atoms with Crippen molar-refractivity contribution < 1.29 is 13.2 Å². The number of alkyl halides is 1. The summed E-state index contributed by atoms with van der Waals surface area (Å²) in [6.45, 7) is 3.46. The van der Waals surface area contributed by atoms with Crippen molar-refractivity contribution in [2.75, 3.05) is 26.8 Å². The molecule has 1 aromatic heterocycles. The molecule has 114 valence electrons. The number of aryl methyl sites for hydroxylation is 1. The molecule has 0 amide bonds. The fourth-order valence-corrected chi connectivity index (χ4v) is 4.52. The van der Waals surface area contributed by atoms with Gasteiger partial charge >= 0.3 is 0 Å². The van der Waals surface area contributed by atoms with Gasteiger partial charge in [0.15, 0.2) is 5.03 Å². The van der Waals surface area contributed by atoms with Crippen molar-refractivity contribution in [1.82, 2.24) is 14.5 Å². The van der Waals surface area contributed by atoms with E-state index in [-0.39, 0.29) is 10.9 Å². The molecule has 1 fully saturated rings. The Kier molecular flexibility index (Phi) is 5.06. The minimum absolute atomic E-state index is 0.0650. The predicted molar refractivity (Wildman–Crippen MR) is 76.2 cm³/mol. The van der Waals surface area contributed by atoms with Crippen molar-refractivity contribution in [2.45, 2.75) is 30.7 Å². The number of sulfonamides is 1. The molecule has 0 atom stereocenters. The Morgan fingerprint density at radius 3 is 2.65 bits per heavy atom. The highest BCUT2D eigenvalue weighted by molar-refractivity contribution is 7.89. The summed E-state index contributed by atoms with van der Waals surface area (Å²) >= 11 is 5.83. The van der Waals surface area contributed by atoms with Crippen LogP contribution in [0.15, 0.2) is 5.03 Å². The molecule has 20 heavy (non-hydrogen) atoms. The van der Waals surface area contributed by atoms with E-state index < -0.39 is 10.0 Å². The Balaban J connectivity index is 2.15. The number of ether oxygens (including phenoxy) is 1. The maximum atomic E-state index is 12.6. The summed E-state index contributed by atoms with van der Waals surface area (Å²) in [5, 5.41) is 6.69. The van der Waals surface area contributed by atoms with Crippen LogP contribution < -0.4 is 0 Å². The van der Waals surface area contributed by atoms with Crippen LogP contribution in [-0.4, -0.2) is 49.7 Å². The fraction of sp³-hybridized carbons (Fsp3) is 0.750. The first kappa shape index (κ1) is 15.8. The molecular formula is C12H20ClN3O3S. The number of hydrogen-bond donors (Lipinski definition) is 1. The van der Waals surface area contributed by atoms with Gasteiger partial charge in [0, 0.05) is 38.1 Å². The molecular weight excluding hydrogens is 302 g/mol. The predicted octanol–water partition coefficient (Wildman–Crippen LogP) is 1.50. The summed E-state index contributed by atoms with van der Waals surface area (Å²) < 4.78 is 31.8. The number of nitrogens with zero attached hydrogens (tertiary/aromatic N) is 2. The van der Waals surface area contributed by atoms with Crippen molar-refractivity contribution >= 4 is 21.6 Å². The average Bonchev–Trinajstić information content (AvgIpc) is 2.81. The van der Waals surface area contributed by atoms with E-state index in [1.54, 1.807) is 14.0 Å². The van der Waals surface area contributed by atoms with Crippen LogP contribution in [0.4, 0.5) is 0 Å². The minimum atomic E-state index is -3.56. The van der Waals surface area contributed by atoms with Crippen LogP contribution in [0.3, 0.4) is 0 Å². The van der Waals surface area contributed by atoms with Crippen LogP contribution >= 0.6 is 11.6 Å². The zero-order valence-corrected chi connectivity index (χ0v) is 13.3. The maximum Gasteiger partial charge on any atom is 0.262 e. The molecule has 1 saturated heterocycles. The average molecular weight is 322 g/mol. The van der Waals surface area contributed by atoms with Gasteiger partial charge in [0.2, 0.25) is 0 Å². The third-order valence-corrected chi connectivity index (χ3v) is 5.87.